The highest BCUT2D eigenvalue weighted by Gasteiger charge is 2.37. The lowest BCUT2D eigenvalue weighted by molar-refractivity contribution is -0.255. The van der Waals surface area contributed by atoms with Crippen molar-refractivity contribution in [3.63, 3.8) is 0 Å². The molecule has 0 bridgehead atoms. The molecule has 1 aliphatic rings. The Morgan fingerprint density at radius 2 is 1.68 bits per heavy atom. The van der Waals surface area contributed by atoms with Crippen molar-refractivity contribution in [2.75, 3.05) is 10.2 Å². The van der Waals surface area contributed by atoms with E-state index in [1.807, 2.05) is 0 Å². The monoisotopic (exact) mass is 337 g/mol. The molecule has 1 N–H and O–H groups in total. The van der Waals surface area contributed by atoms with Gasteiger partial charge in [0, 0.05) is 12.6 Å². The van der Waals surface area contributed by atoms with E-state index in [4.69, 9.17) is 0 Å². The fraction of sp³-hybridized carbons (Fsp3) is 0.111. The molecule has 0 aromatic heterocycles. The molecule has 0 saturated heterocycles. The highest BCUT2D eigenvalue weighted by atomic mass is 16.4. The van der Waals surface area contributed by atoms with Crippen LogP contribution in [0.3, 0.4) is 0 Å². The Balaban J connectivity index is 2.00. The first kappa shape index (κ1) is 16.4. The Bertz CT molecular complexity index is 948. The molecule has 1 aliphatic heterocycles. The zero-order valence-electron chi connectivity index (χ0n) is 13.5. The first-order valence-corrected chi connectivity index (χ1v) is 7.42. The lowest BCUT2D eigenvalue weighted by Gasteiger charge is -2.16. The SMILES string of the molecule is CC(=O)Nc1ccc(N2C(=O)c3ccc(C(=O)[O-])cc3C2=O)cc1C. The predicted molar refractivity (Wildman–Crippen MR) is 87.4 cm³/mol. The lowest BCUT2D eigenvalue weighted by atomic mass is 10.1. The van der Waals surface area contributed by atoms with Crippen LogP contribution >= 0.6 is 0 Å². The van der Waals surface area contributed by atoms with E-state index in [9.17, 15) is 24.3 Å². The zero-order valence-corrected chi connectivity index (χ0v) is 13.5. The quantitative estimate of drug-likeness (QED) is 0.845. The molecule has 2 aromatic rings. The van der Waals surface area contributed by atoms with Gasteiger partial charge in [-0.25, -0.2) is 4.90 Å². The van der Waals surface area contributed by atoms with Crippen LogP contribution in [0.25, 0.3) is 0 Å². The smallest absolute Gasteiger partial charge is 0.266 e. The lowest BCUT2D eigenvalue weighted by Crippen LogP contribution is -2.29. The summed E-state index contributed by atoms with van der Waals surface area (Å²) >= 11 is 0. The number of carbonyl (C=O) groups is 4. The zero-order chi connectivity index (χ0) is 18.3. The number of hydrogen-bond acceptors (Lipinski definition) is 5. The minimum absolute atomic E-state index is 0.0234. The van der Waals surface area contributed by atoms with Crippen LogP contribution in [-0.4, -0.2) is 23.7 Å². The number of benzene rings is 2. The average molecular weight is 337 g/mol. The van der Waals surface area contributed by atoms with Gasteiger partial charge in [0.25, 0.3) is 11.8 Å². The fourth-order valence-electron chi connectivity index (χ4n) is 2.72. The van der Waals surface area contributed by atoms with Gasteiger partial charge in [-0.15, -0.1) is 0 Å². The van der Waals surface area contributed by atoms with Gasteiger partial charge in [0.1, 0.15) is 0 Å². The summed E-state index contributed by atoms with van der Waals surface area (Å²) in [6.07, 6.45) is 0. The molecule has 7 nitrogen and oxygen atoms in total. The summed E-state index contributed by atoms with van der Waals surface area (Å²) in [7, 11) is 0. The van der Waals surface area contributed by atoms with Crippen molar-refractivity contribution in [1.29, 1.82) is 0 Å². The summed E-state index contributed by atoms with van der Waals surface area (Å²) in [6.45, 7) is 3.12. The number of imide groups is 1. The first-order valence-electron chi connectivity index (χ1n) is 7.42. The Morgan fingerprint density at radius 3 is 2.28 bits per heavy atom. The van der Waals surface area contributed by atoms with Gasteiger partial charge in [-0.1, -0.05) is 6.07 Å². The maximum absolute atomic E-state index is 12.6. The summed E-state index contributed by atoms with van der Waals surface area (Å²) in [4.78, 5) is 48.2. The molecular formula is C18H13N2O5-. The van der Waals surface area contributed by atoms with Gasteiger partial charge in [-0.3, -0.25) is 14.4 Å². The Kier molecular flexibility index (Phi) is 3.84. The van der Waals surface area contributed by atoms with E-state index in [0.29, 0.717) is 16.9 Å². The standard InChI is InChI=1S/C18H14N2O5/c1-9-7-12(4-6-15(9)19-10(2)21)20-16(22)13-5-3-11(18(24)25)8-14(13)17(20)23/h3-8H,1-2H3,(H,19,21)(H,24,25)/p-1. The van der Waals surface area contributed by atoms with E-state index in [-0.39, 0.29) is 22.6 Å². The highest BCUT2D eigenvalue weighted by molar-refractivity contribution is 6.34. The van der Waals surface area contributed by atoms with Crippen molar-refractivity contribution in [2.24, 2.45) is 0 Å². The number of anilines is 2. The van der Waals surface area contributed by atoms with E-state index >= 15 is 0 Å². The van der Waals surface area contributed by atoms with Crippen molar-refractivity contribution < 1.29 is 24.3 Å². The molecule has 3 amide bonds. The predicted octanol–water partition coefficient (Wildman–Crippen LogP) is 1.12. The highest BCUT2D eigenvalue weighted by Crippen LogP contribution is 2.31. The van der Waals surface area contributed by atoms with Crippen LogP contribution in [-0.2, 0) is 4.79 Å². The van der Waals surface area contributed by atoms with Crippen LogP contribution < -0.4 is 15.3 Å². The number of carboxylic acid groups (broad SMARTS) is 1. The van der Waals surface area contributed by atoms with Crippen LogP contribution in [0.15, 0.2) is 36.4 Å². The van der Waals surface area contributed by atoms with Crippen LogP contribution in [0.5, 0.6) is 0 Å². The molecule has 0 atom stereocenters. The molecule has 0 saturated carbocycles. The topological polar surface area (TPSA) is 107 Å². The van der Waals surface area contributed by atoms with Gasteiger partial charge in [0.15, 0.2) is 0 Å². The Morgan fingerprint density at radius 1 is 1.00 bits per heavy atom. The summed E-state index contributed by atoms with van der Waals surface area (Å²) in [5.74, 6) is -2.78. The third-order valence-electron chi connectivity index (χ3n) is 3.90. The third-order valence-corrected chi connectivity index (χ3v) is 3.90. The number of carbonyl (C=O) groups excluding carboxylic acids is 4. The van der Waals surface area contributed by atoms with Gasteiger partial charge < -0.3 is 15.2 Å². The van der Waals surface area contributed by atoms with Crippen molar-refractivity contribution in [1.82, 2.24) is 0 Å². The number of amides is 3. The third kappa shape index (κ3) is 2.76. The number of nitrogens with zero attached hydrogens (tertiary/aromatic N) is 1. The molecule has 0 radical (unpaired) electrons. The molecule has 126 valence electrons. The number of hydrogen-bond donors (Lipinski definition) is 1. The summed E-state index contributed by atoms with van der Waals surface area (Å²) < 4.78 is 0. The second kappa shape index (κ2) is 5.86. The number of aromatic carboxylic acids is 1. The Labute approximate surface area is 142 Å². The van der Waals surface area contributed by atoms with Crippen molar-refractivity contribution in [2.45, 2.75) is 13.8 Å². The number of fused-ring (bicyclic) bond motifs is 1. The van der Waals surface area contributed by atoms with E-state index in [1.54, 1.807) is 25.1 Å². The van der Waals surface area contributed by atoms with Crippen LogP contribution in [0.4, 0.5) is 11.4 Å². The Hall–Kier alpha value is -3.48. The van der Waals surface area contributed by atoms with Gasteiger partial charge >= 0.3 is 0 Å². The minimum atomic E-state index is -1.42. The molecular weight excluding hydrogens is 324 g/mol. The molecule has 0 aliphatic carbocycles. The summed E-state index contributed by atoms with van der Waals surface area (Å²) in [5, 5.41) is 13.6. The van der Waals surface area contributed by atoms with Gasteiger partial charge in [0.05, 0.1) is 22.8 Å². The average Bonchev–Trinajstić information content (AvgIpc) is 2.80. The molecule has 3 rings (SSSR count). The van der Waals surface area contributed by atoms with Gasteiger partial charge in [-0.2, -0.15) is 0 Å². The molecule has 0 fully saturated rings. The number of nitrogens with one attached hydrogen (secondary N) is 1. The molecule has 7 heteroatoms. The molecule has 25 heavy (non-hydrogen) atoms. The fourth-order valence-corrected chi connectivity index (χ4v) is 2.72. The summed E-state index contributed by atoms with van der Waals surface area (Å²) in [6, 6.07) is 8.42. The minimum Gasteiger partial charge on any atom is -0.545 e. The second-order valence-electron chi connectivity index (χ2n) is 5.67. The maximum atomic E-state index is 12.6. The maximum Gasteiger partial charge on any atom is 0.266 e. The van der Waals surface area contributed by atoms with E-state index in [1.165, 1.54) is 19.1 Å². The van der Waals surface area contributed by atoms with Gasteiger partial charge in [-0.05, 0) is 48.4 Å². The van der Waals surface area contributed by atoms with E-state index in [0.717, 1.165) is 11.0 Å². The molecule has 0 spiro atoms. The van der Waals surface area contributed by atoms with Crippen molar-refractivity contribution >= 4 is 35.1 Å². The van der Waals surface area contributed by atoms with Crippen LogP contribution in [0, 0.1) is 6.92 Å². The van der Waals surface area contributed by atoms with E-state index in [2.05, 4.69) is 5.32 Å². The normalized spacial score (nSPS) is 13.0. The number of aryl methyl sites for hydroxylation is 1. The van der Waals surface area contributed by atoms with Gasteiger partial charge in [0.2, 0.25) is 5.91 Å². The summed E-state index contributed by atoms with van der Waals surface area (Å²) in [5.41, 5.74) is 1.59. The first-order chi connectivity index (χ1) is 11.8. The van der Waals surface area contributed by atoms with Crippen molar-refractivity contribution in [3.05, 3.63) is 58.7 Å². The number of carboxylic acids is 1. The van der Waals surface area contributed by atoms with Crippen LogP contribution in [0.1, 0.15) is 43.6 Å². The molecule has 2 aromatic carbocycles. The van der Waals surface area contributed by atoms with Crippen molar-refractivity contribution in [3.8, 4) is 0 Å². The van der Waals surface area contributed by atoms with Crippen LogP contribution in [0.2, 0.25) is 0 Å². The molecule has 1 heterocycles. The van der Waals surface area contributed by atoms with E-state index < -0.39 is 17.8 Å². The largest absolute Gasteiger partial charge is 0.545 e. The number of rotatable bonds is 3. The molecule has 0 unspecified atom stereocenters. The second-order valence-corrected chi connectivity index (χ2v) is 5.67.